The Balaban J connectivity index is 1.90. The predicted molar refractivity (Wildman–Crippen MR) is 75.3 cm³/mol. The third-order valence-electron chi connectivity index (χ3n) is 4.04. The third-order valence-corrected chi connectivity index (χ3v) is 6.08. The van der Waals surface area contributed by atoms with Gasteiger partial charge in [0.1, 0.15) is 0 Å². The van der Waals surface area contributed by atoms with Crippen molar-refractivity contribution in [1.82, 2.24) is 8.61 Å². The molecule has 2 aliphatic rings. The highest BCUT2D eigenvalue weighted by Gasteiger charge is 2.35. The molecule has 7 heteroatoms. The zero-order chi connectivity index (χ0) is 14.6. The van der Waals surface area contributed by atoms with E-state index in [1.54, 1.807) is 11.2 Å². The lowest BCUT2D eigenvalue weighted by molar-refractivity contribution is -0.149. The maximum absolute atomic E-state index is 12.5. The van der Waals surface area contributed by atoms with Crippen LogP contribution in [0.5, 0.6) is 0 Å². The molecule has 0 radical (unpaired) electrons. The molecule has 0 aromatic heterocycles. The van der Waals surface area contributed by atoms with Gasteiger partial charge in [-0.05, 0) is 32.6 Å². The monoisotopic (exact) mass is 304 g/mol. The van der Waals surface area contributed by atoms with Crippen molar-refractivity contribution in [3.05, 3.63) is 0 Å². The Kier molecular flexibility index (Phi) is 5.40. The van der Waals surface area contributed by atoms with E-state index < -0.39 is 10.2 Å². The van der Waals surface area contributed by atoms with E-state index in [-0.39, 0.29) is 11.9 Å². The second-order valence-corrected chi connectivity index (χ2v) is 7.32. The van der Waals surface area contributed by atoms with Crippen LogP contribution in [0.2, 0.25) is 0 Å². The van der Waals surface area contributed by atoms with E-state index in [1.807, 2.05) is 0 Å². The van der Waals surface area contributed by atoms with Crippen molar-refractivity contribution in [2.24, 2.45) is 5.92 Å². The molecule has 2 saturated heterocycles. The van der Waals surface area contributed by atoms with Crippen molar-refractivity contribution in [3.8, 4) is 0 Å². The summed E-state index contributed by atoms with van der Waals surface area (Å²) < 4.78 is 33.1. The zero-order valence-corrected chi connectivity index (χ0v) is 12.9. The first-order valence-electron chi connectivity index (χ1n) is 7.47. The number of piperidine rings is 2. The Labute approximate surface area is 121 Å². The quantitative estimate of drug-likeness (QED) is 0.727. The number of esters is 1. The smallest absolute Gasteiger partial charge is 0.309 e. The largest absolute Gasteiger partial charge is 0.466 e. The van der Waals surface area contributed by atoms with Gasteiger partial charge in [0.2, 0.25) is 0 Å². The summed E-state index contributed by atoms with van der Waals surface area (Å²) in [6.45, 7) is 4.25. The Morgan fingerprint density at radius 3 is 2.15 bits per heavy atom. The van der Waals surface area contributed by atoms with Crippen LogP contribution in [0, 0.1) is 5.92 Å². The number of ether oxygens (including phenoxy) is 1. The van der Waals surface area contributed by atoms with Gasteiger partial charge >= 0.3 is 5.97 Å². The van der Waals surface area contributed by atoms with Crippen LogP contribution in [0.1, 0.15) is 39.0 Å². The molecule has 0 amide bonds. The summed E-state index contributed by atoms with van der Waals surface area (Å²) in [4.78, 5) is 11.7. The van der Waals surface area contributed by atoms with Gasteiger partial charge < -0.3 is 4.74 Å². The van der Waals surface area contributed by atoms with Crippen molar-refractivity contribution in [2.75, 3.05) is 32.8 Å². The molecule has 0 aromatic rings. The topological polar surface area (TPSA) is 66.9 Å². The second kappa shape index (κ2) is 6.87. The minimum absolute atomic E-state index is 0.150. The predicted octanol–water partition coefficient (Wildman–Crippen LogP) is 0.992. The molecule has 2 rings (SSSR count). The number of rotatable bonds is 4. The molecule has 0 bridgehead atoms. The van der Waals surface area contributed by atoms with Gasteiger partial charge in [0.05, 0.1) is 12.5 Å². The van der Waals surface area contributed by atoms with Crippen LogP contribution in [0.3, 0.4) is 0 Å². The summed E-state index contributed by atoms with van der Waals surface area (Å²) in [5.41, 5.74) is 0. The van der Waals surface area contributed by atoms with E-state index in [2.05, 4.69) is 0 Å². The molecular weight excluding hydrogens is 280 g/mol. The molecule has 2 heterocycles. The number of nitrogens with zero attached hydrogens (tertiary/aromatic N) is 2. The molecule has 0 atom stereocenters. The molecule has 0 aromatic carbocycles. The minimum atomic E-state index is -3.33. The van der Waals surface area contributed by atoms with E-state index in [1.165, 1.54) is 4.31 Å². The van der Waals surface area contributed by atoms with Gasteiger partial charge in [-0.2, -0.15) is 17.0 Å². The molecular formula is C13H24N2O4S. The first-order chi connectivity index (χ1) is 9.55. The van der Waals surface area contributed by atoms with E-state index in [4.69, 9.17) is 4.74 Å². The fourth-order valence-corrected chi connectivity index (χ4v) is 4.56. The molecule has 2 aliphatic heterocycles. The molecule has 6 nitrogen and oxygen atoms in total. The van der Waals surface area contributed by atoms with Gasteiger partial charge in [0.25, 0.3) is 10.2 Å². The van der Waals surface area contributed by atoms with Crippen LogP contribution in [-0.2, 0) is 19.7 Å². The first kappa shape index (κ1) is 15.7. The number of carbonyl (C=O) groups excluding carboxylic acids is 1. The SMILES string of the molecule is CCOC(=O)C1CCN(S(=O)(=O)N2CCCCC2)CC1. The summed E-state index contributed by atoms with van der Waals surface area (Å²) in [6.07, 6.45) is 4.12. The fraction of sp³-hybridized carbons (Fsp3) is 0.923. The minimum Gasteiger partial charge on any atom is -0.466 e. The molecule has 116 valence electrons. The van der Waals surface area contributed by atoms with Gasteiger partial charge in [-0.1, -0.05) is 6.42 Å². The lowest BCUT2D eigenvalue weighted by Crippen LogP contribution is -2.49. The highest BCUT2D eigenvalue weighted by atomic mass is 32.2. The Morgan fingerprint density at radius 1 is 1.05 bits per heavy atom. The van der Waals surface area contributed by atoms with E-state index >= 15 is 0 Å². The lowest BCUT2D eigenvalue weighted by atomic mass is 9.98. The average molecular weight is 304 g/mol. The van der Waals surface area contributed by atoms with E-state index in [9.17, 15) is 13.2 Å². The number of carbonyl (C=O) groups is 1. The number of hydrogen-bond acceptors (Lipinski definition) is 4. The van der Waals surface area contributed by atoms with Crippen LogP contribution in [0.25, 0.3) is 0 Å². The van der Waals surface area contributed by atoms with Gasteiger partial charge in [0.15, 0.2) is 0 Å². The van der Waals surface area contributed by atoms with Crippen LogP contribution in [0.4, 0.5) is 0 Å². The third kappa shape index (κ3) is 3.51. The second-order valence-electron chi connectivity index (χ2n) is 5.39. The van der Waals surface area contributed by atoms with Gasteiger partial charge in [-0.25, -0.2) is 0 Å². The molecule has 2 fully saturated rings. The van der Waals surface area contributed by atoms with E-state index in [0.29, 0.717) is 45.6 Å². The van der Waals surface area contributed by atoms with Gasteiger partial charge in [-0.3, -0.25) is 4.79 Å². The highest BCUT2D eigenvalue weighted by Crippen LogP contribution is 2.24. The molecule has 20 heavy (non-hydrogen) atoms. The molecule has 0 spiro atoms. The summed E-state index contributed by atoms with van der Waals surface area (Å²) in [6, 6.07) is 0. The van der Waals surface area contributed by atoms with Crippen molar-refractivity contribution in [3.63, 3.8) is 0 Å². The van der Waals surface area contributed by atoms with Crippen molar-refractivity contribution in [1.29, 1.82) is 0 Å². The maximum atomic E-state index is 12.5. The Hall–Kier alpha value is -0.660. The van der Waals surface area contributed by atoms with Crippen LogP contribution in [0.15, 0.2) is 0 Å². The van der Waals surface area contributed by atoms with Gasteiger partial charge in [0, 0.05) is 26.2 Å². The van der Waals surface area contributed by atoms with Crippen molar-refractivity contribution < 1.29 is 17.9 Å². The normalized spacial score (nSPS) is 23.6. The average Bonchev–Trinajstić information content (AvgIpc) is 2.48. The van der Waals surface area contributed by atoms with Crippen molar-refractivity contribution >= 4 is 16.2 Å². The zero-order valence-electron chi connectivity index (χ0n) is 12.1. The van der Waals surface area contributed by atoms with Gasteiger partial charge in [-0.15, -0.1) is 0 Å². The highest BCUT2D eigenvalue weighted by molar-refractivity contribution is 7.86. The Morgan fingerprint density at radius 2 is 1.60 bits per heavy atom. The molecule has 0 aliphatic carbocycles. The van der Waals surface area contributed by atoms with Crippen LogP contribution < -0.4 is 0 Å². The van der Waals surface area contributed by atoms with E-state index in [0.717, 1.165) is 19.3 Å². The standard InChI is InChI=1S/C13H24N2O4S/c1-2-19-13(16)12-6-10-15(11-7-12)20(17,18)14-8-4-3-5-9-14/h12H,2-11H2,1H3. The molecule has 0 saturated carbocycles. The summed E-state index contributed by atoms with van der Waals surface area (Å²) in [5, 5.41) is 0. The lowest BCUT2D eigenvalue weighted by Gasteiger charge is -2.35. The Bertz CT molecular complexity index is 424. The fourth-order valence-electron chi connectivity index (χ4n) is 2.84. The summed E-state index contributed by atoms with van der Waals surface area (Å²) >= 11 is 0. The molecule has 0 N–H and O–H groups in total. The summed E-state index contributed by atoms with van der Waals surface area (Å²) in [5.74, 6) is -0.342. The number of hydrogen-bond donors (Lipinski definition) is 0. The summed E-state index contributed by atoms with van der Waals surface area (Å²) in [7, 11) is -3.33. The van der Waals surface area contributed by atoms with Crippen LogP contribution >= 0.6 is 0 Å². The first-order valence-corrected chi connectivity index (χ1v) is 8.87. The van der Waals surface area contributed by atoms with Crippen LogP contribution in [-0.4, -0.2) is 55.8 Å². The van der Waals surface area contributed by atoms with Crippen molar-refractivity contribution in [2.45, 2.75) is 39.0 Å². The maximum Gasteiger partial charge on any atom is 0.309 e. The molecule has 0 unspecified atom stereocenters.